The fourth-order valence-corrected chi connectivity index (χ4v) is 2.90. The minimum Gasteiger partial charge on any atom is -0.457 e. The second-order valence-electron chi connectivity index (χ2n) is 5.00. The van der Waals surface area contributed by atoms with E-state index < -0.39 is 0 Å². The van der Waals surface area contributed by atoms with Gasteiger partial charge in [-0.2, -0.15) is 0 Å². The van der Waals surface area contributed by atoms with Crippen molar-refractivity contribution in [3.05, 3.63) is 59.2 Å². The summed E-state index contributed by atoms with van der Waals surface area (Å²) in [6.45, 7) is 3.59. The van der Waals surface area contributed by atoms with Gasteiger partial charge in [0.1, 0.15) is 6.10 Å². The molecular formula is C17H16O2. The Kier molecular flexibility index (Phi) is 2.86. The summed E-state index contributed by atoms with van der Waals surface area (Å²) in [7, 11) is 0. The molecule has 0 radical (unpaired) electrons. The van der Waals surface area contributed by atoms with Crippen molar-refractivity contribution < 1.29 is 9.53 Å². The van der Waals surface area contributed by atoms with Gasteiger partial charge in [-0.15, -0.1) is 0 Å². The zero-order valence-electron chi connectivity index (χ0n) is 11.1. The van der Waals surface area contributed by atoms with Crippen LogP contribution in [-0.4, -0.2) is 5.97 Å². The molecule has 0 amide bonds. The van der Waals surface area contributed by atoms with Gasteiger partial charge in [-0.3, -0.25) is 4.79 Å². The van der Waals surface area contributed by atoms with Crippen LogP contribution >= 0.6 is 0 Å². The first-order valence-corrected chi connectivity index (χ1v) is 6.52. The van der Waals surface area contributed by atoms with Gasteiger partial charge in [0, 0.05) is 18.9 Å². The molecule has 2 nitrogen and oxygen atoms in total. The molecule has 2 aromatic carbocycles. The monoisotopic (exact) mass is 252 g/mol. The Bertz CT molecular complexity index is 643. The Hall–Kier alpha value is -2.09. The average Bonchev–Trinajstić information content (AvgIpc) is 2.38. The van der Waals surface area contributed by atoms with E-state index in [-0.39, 0.29) is 12.1 Å². The molecule has 1 unspecified atom stereocenters. The van der Waals surface area contributed by atoms with Gasteiger partial charge in [-0.25, -0.2) is 0 Å². The molecule has 0 saturated heterocycles. The van der Waals surface area contributed by atoms with Crippen LogP contribution in [0.3, 0.4) is 0 Å². The Labute approximate surface area is 113 Å². The Morgan fingerprint density at radius 1 is 1.16 bits per heavy atom. The van der Waals surface area contributed by atoms with E-state index in [9.17, 15) is 4.79 Å². The highest BCUT2D eigenvalue weighted by Crippen LogP contribution is 2.41. The van der Waals surface area contributed by atoms with Crippen molar-refractivity contribution in [2.24, 2.45) is 0 Å². The molecule has 2 aromatic rings. The van der Waals surface area contributed by atoms with Crippen molar-refractivity contribution >= 4 is 5.97 Å². The first-order chi connectivity index (χ1) is 9.16. The highest BCUT2D eigenvalue weighted by Gasteiger charge is 2.27. The van der Waals surface area contributed by atoms with Gasteiger partial charge < -0.3 is 4.74 Å². The maximum Gasteiger partial charge on any atom is 0.303 e. The van der Waals surface area contributed by atoms with Crippen LogP contribution in [0.25, 0.3) is 11.1 Å². The van der Waals surface area contributed by atoms with Gasteiger partial charge in [0.15, 0.2) is 0 Å². The van der Waals surface area contributed by atoms with E-state index in [0.717, 1.165) is 12.0 Å². The third kappa shape index (κ3) is 2.03. The van der Waals surface area contributed by atoms with Crippen LogP contribution in [0.5, 0.6) is 0 Å². The molecule has 0 aliphatic heterocycles. The lowest BCUT2D eigenvalue weighted by Gasteiger charge is -2.28. The number of esters is 1. The number of carbonyl (C=O) groups is 1. The fraction of sp³-hybridized carbons (Fsp3) is 0.235. The van der Waals surface area contributed by atoms with E-state index in [1.165, 1.54) is 29.2 Å². The van der Waals surface area contributed by atoms with Crippen LogP contribution in [0, 0.1) is 6.92 Å². The summed E-state index contributed by atoms with van der Waals surface area (Å²) in [5.41, 5.74) is 6.12. The van der Waals surface area contributed by atoms with Crippen LogP contribution in [-0.2, 0) is 16.0 Å². The molecule has 0 saturated carbocycles. The number of rotatable bonds is 1. The molecule has 19 heavy (non-hydrogen) atoms. The summed E-state index contributed by atoms with van der Waals surface area (Å²) in [5.74, 6) is -0.226. The highest BCUT2D eigenvalue weighted by molar-refractivity contribution is 5.77. The number of hydrogen-bond donors (Lipinski definition) is 0. The molecule has 3 rings (SSSR count). The second kappa shape index (κ2) is 4.54. The zero-order valence-corrected chi connectivity index (χ0v) is 11.1. The van der Waals surface area contributed by atoms with E-state index in [1.54, 1.807) is 0 Å². The third-order valence-electron chi connectivity index (χ3n) is 3.65. The lowest BCUT2D eigenvalue weighted by atomic mass is 9.82. The van der Waals surface area contributed by atoms with Crippen molar-refractivity contribution in [2.45, 2.75) is 26.4 Å². The van der Waals surface area contributed by atoms with Gasteiger partial charge >= 0.3 is 5.97 Å². The molecule has 0 aromatic heterocycles. The number of hydrogen-bond acceptors (Lipinski definition) is 2. The van der Waals surface area contributed by atoms with Crippen LogP contribution in [0.2, 0.25) is 0 Å². The second-order valence-corrected chi connectivity index (χ2v) is 5.00. The fourth-order valence-electron chi connectivity index (χ4n) is 2.90. The number of ether oxygens (including phenoxy) is 1. The number of fused-ring (bicyclic) bond motifs is 3. The predicted octanol–water partition coefficient (Wildman–Crippen LogP) is 3.82. The molecule has 0 spiro atoms. The van der Waals surface area contributed by atoms with Crippen LogP contribution in [0.15, 0.2) is 42.5 Å². The topological polar surface area (TPSA) is 26.3 Å². The lowest BCUT2D eigenvalue weighted by Crippen LogP contribution is -2.17. The summed E-state index contributed by atoms with van der Waals surface area (Å²) in [6, 6.07) is 14.5. The number of aryl methyl sites for hydroxylation is 1. The normalized spacial score (nSPS) is 16.4. The SMILES string of the molecule is CC(=O)OC1Cc2cccc(C)c2-c2ccccc21. The Morgan fingerprint density at radius 3 is 2.74 bits per heavy atom. The van der Waals surface area contributed by atoms with Crippen molar-refractivity contribution in [3.8, 4) is 11.1 Å². The summed E-state index contributed by atoms with van der Waals surface area (Å²) in [6.07, 6.45) is 0.594. The molecule has 0 heterocycles. The van der Waals surface area contributed by atoms with Crippen LogP contribution in [0.4, 0.5) is 0 Å². The van der Waals surface area contributed by atoms with Gasteiger partial charge in [0.2, 0.25) is 0 Å². The summed E-state index contributed by atoms with van der Waals surface area (Å²) in [4.78, 5) is 11.3. The largest absolute Gasteiger partial charge is 0.457 e. The van der Waals surface area contributed by atoms with Crippen molar-refractivity contribution in [1.29, 1.82) is 0 Å². The van der Waals surface area contributed by atoms with E-state index in [2.05, 4.69) is 37.3 Å². The number of benzene rings is 2. The molecule has 0 N–H and O–H groups in total. The van der Waals surface area contributed by atoms with E-state index in [0.29, 0.717) is 0 Å². The van der Waals surface area contributed by atoms with Crippen LogP contribution < -0.4 is 0 Å². The van der Waals surface area contributed by atoms with E-state index >= 15 is 0 Å². The Morgan fingerprint density at radius 2 is 1.95 bits per heavy atom. The molecule has 1 aliphatic carbocycles. The quantitative estimate of drug-likeness (QED) is 0.721. The van der Waals surface area contributed by atoms with Gasteiger partial charge in [0.05, 0.1) is 0 Å². The van der Waals surface area contributed by atoms with Crippen molar-refractivity contribution in [3.63, 3.8) is 0 Å². The van der Waals surface area contributed by atoms with Crippen molar-refractivity contribution in [1.82, 2.24) is 0 Å². The van der Waals surface area contributed by atoms with Crippen molar-refractivity contribution in [2.75, 3.05) is 0 Å². The molecule has 2 heteroatoms. The minimum absolute atomic E-state index is 0.164. The predicted molar refractivity (Wildman–Crippen MR) is 74.8 cm³/mol. The standard InChI is InChI=1S/C17H16O2/c1-11-6-5-7-13-10-16(19-12(2)18)14-8-3-4-9-15(14)17(11)13/h3-9,16H,10H2,1-2H3. The highest BCUT2D eigenvalue weighted by atomic mass is 16.5. The molecule has 1 aliphatic rings. The molecule has 0 fully saturated rings. The zero-order chi connectivity index (χ0) is 13.4. The molecule has 1 atom stereocenters. The lowest BCUT2D eigenvalue weighted by molar-refractivity contribution is -0.146. The summed E-state index contributed by atoms with van der Waals surface area (Å²) < 4.78 is 5.48. The first-order valence-electron chi connectivity index (χ1n) is 6.52. The smallest absolute Gasteiger partial charge is 0.303 e. The van der Waals surface area contributed by atoms with E-state index in [1.807, 2.05) is 12.1 Å². The average molecular weight is 252 g/mol. The van der Waals surface area contributed by atoms with E-state index in [4.69, 9.17) is 4.74 Å². The maximum atomic E-state index is 11.3. The van der Waals surface area contributed by atoms with Gasteiger partial charge in [0.25, 0.3) is 0 Å². The molecule has 0 bridgehead atoms. The molecular weight excluding hydrogens is 236 g/mol. The summed E-state index contributed by atoms with van der Waals surface area (Å²) >= 11 is 0. The maximum absolute atomic E-state index is 11.3. The molecule has 96 valence electrons. The first kappa shape index (κ1) is 12.0. The van der Waals surface area contributed by atoms with Gasteiger partial charge in [-0.1, -0.05) is 42.5 Å². The number of carbonyl (C=O) groups excluding carboxylic acids is 1. The Balaban J connectivity index is 2.18. The minimum atomic E-state index is -0.226. The van der Waals surface area contributed by atoms with Gasteiger partial charge in [-0.05, 0) is 29.2 Å². The summed E-state index contributed by atoms with van der Waals surface area (Å²) in [5, 5.41) is 0. The van der Waals surface area contributed by atoms with Crippen LogP contribution in [0.1, 0.15) is 29.7 Å². The third-order valence-corrected chi connectivity index (χ3v) is 3.65.